The van der Waals surface area contributed by atoms with Gasteiger partial charge in [0.1, 0.15) is 0 Å². The van der Waals surface area contributed by atoms with Crippen molar-refractivity contribution in [2.45, 2.75) is 32.2 Å². The Balaban J connectivity index is 0.00000289. The van der Waals surface area contributed by atoms with Gasteiger partial charge in [0.05, 0.1) is 5.56 Å². The third-order valence-electron chi connectivity index (χ3n) is 3.13. The molecular weight excluding hydrogens is 363 g/mol. The van der Waals surface area contributed by atoms with E-state index in [4.69, 9.17) is 5.73 Å². The van der Waals surface area contributed by atoms with E-state index in [0.717, 1.165) is 16.4 Å². The SMILES string of the molecule is CCC(N)(CC)CNC(=O)c1ccccc1I.Cl. The Kier molecular flexibility index (Phi) is 7.82. The van der Waals surface area contributed by atoms with E-state index in [9.17, 15) is 4.79 Å². The molecule has 1 rings (SSSR count). The molecule has 5 heteroatoms. The first-order chi connectivity index (χ1) is 8.02. The molecule has 0 atom stereocenters. The van der Waals surface area contributed by atoms with E-state index in [2.05, 4.69) is 27.9 Å². The minimum absolute atomic E-state index is 0. The average Bonchev–Trinajstić information content (AvgIpc) is 2.36. The summed E-state index contributed by atoms with van der Waals surface area (Å²) < 4.78 is 0.957. The zero-order valence-corrected chi connectivity index (χ0v) is 13.7. The van der Waals surface area contributed by atoms with E-state index < -0.39 is 0 Å². The summed E-state index contributed by atoms with van der Waals surface area (Å²) in [7, 11) is 0. The van der Waals surface area contributed by atoms with Gasteiger partial charge < -0.3 is 11.1 Å². The quantitative estimate of drug-likeness (QED) is 0.769. The van der Waals surface area contributed by atoms with E-state index in [1.807, 2.05) is 38.1 Å². The Labute approximate surface area is 128 Å². The molecule has 102 valence electrons. The van der Waals surface area contributed by atoms with Crippen LogP contribution in [0, 0.1) is 3.57 Å². The number of benzene rings is 1. The third-order valence-corrected chi connectivity index (χ3v) is 4.07. The van der Waals surface area contributed by atoms with Crippen LogP contribution in [0.2, 0.25) is 0 Å². The van der Waals surface area contributed by atoms with Crippen molar-refractivity contribution in [3.8, 4) is 0 Å². The maximum absolute atomic E-state index is 12.0. The van der Waals surface area contributed by atoms with Gasteiger partial charge in [-0.05, 0) is 47.6 Å². The molecule has 0 aliphatic rings. The topological polar surface area (TPSA) is 55.1 Å². The lowest BCUT2D eigenvalue weighted by Gasteiger charge is -2.26. The van der Waals surface area contributed by atoms with Crippen molar-refractivity contribution < 1.29 is 4.79 Å². The molecule has 3 nitrogen and oxygen atoms in total. The highest BCUT2D eigenvalue weighted by atomic mass is 127. The first kappa shape index (κ1) is 17.7. The van der Waals surface area contributed by atoms with Gasteiger partial charge in [0, 0.05) is 15.7 Å². The fraction of sp³-hybridized carbons (Fsp3) is 0.462. The molecule has 0 radical (unpaired) electrons. The maximum Gasteiger partial charge on any atom is 0.252 e. The van der Waals surface area contributed by atoms with Crippen LogP contribution in [0.15, 0.2) is 24.3 Å². The van der Waals surface area contributed by atoms with E-state index in [1.54, 1.807) is 0 Å². The zero-order chi connectivity index (χ0) is 12.9. The third kappa shape index (κ3) is 4.74. The van der Waals surface area contributed by atoms with Crippen LogP contribution < -0.4 is 11.1 Å². The molecule has 0 saturated carbocycles. The van der Waals surface area contributed by atoms with Crippen molar-refractivity contribution in [1.82, 2.24) is 5.32 Å². The molecule has 1 amide bonds. The van der Waals surface area contributed by atoms with Crippen molar-refractivity contribution in [3.05, 3.63) is 33.4 Å². The lowest BCUT2D eigenvalue weighted by molar-refractivity contribution is 0.0941. The molecule has 0 heterocycles. The van der Waals surface area contributed by atoms with Crippen molar-refractivity contribution in [2.75, 3.05) is 6.54 Å². The smallest absolute Gasteiger partial charge is 0.252 e. The highest BCUT2D eigenvalue weighted by molar-refractivity contribution is 14.1. The normalized spacial score (nSPS) is 10.7. The maximum atomic E-state index is 12.0. The fourth-order valence-electron chi connectivity index (χ4n) is 1.50. The van der Waals surface area contributed by atoms with Crippen molar-refractivity contribution in [3.63, 3.8) is 0 Å². The Hall–Kier alpha value is -0.330. The number of halogens is 2. The molecule has 0 fully saturated rings. The number of carbonyl (C=O) groups excluding carboxylic acids is 1. The average molecular weight is 383 g/mol. The van der Waals surface area contributed by atoms with Crippen LogP contribution in [-0.4, -0.2) is 18.0 Å². The minimum atomic E-state index is -0.296. The first-order valence-corrected chi connectivity index (χ1v) is 6.92. The van der Waals surface area contributed by atoms with Gasteiger partial charge in [-0.3, -0.25) is 4.79 Å². The van der Waals surface area contributed by atoms with Crippen molar-refractivity contribution >= 4 is 40.9 Å². The second-order valence-corrected chi connectivity index (χ2v) is 5.39. The van der Waals surface area contributed by atoms with Gasteiger partial charge in [-0.15, -0.1) is 12.4 Å². The van der Waals surface area contributed by atoms with Gasteiger partial charge >= 0.3 is 0 Å². The summed E-state index contributed by atoms with van der Waals surface area (Å²) in [6.45, 7) is 4.60. The van der Waals surface area contributed by atoms with Crippen LogP contribution in [0.3, 0.4) is 0 Å². The predicted molar refractivity (Wildman–Crippen MR) is 86.2 cm³/mol. The number of rotatable bonds is 5. The number of amides is 1. The summed E-state index contributed by atoms with van der Waals surface area (Å²) in [6, 6.07) is 7.54. The van der Waals surface area contributed by atoms with Gasteiger partial charge in [-0.2, -0.15) is 0 Å². The molecule has 1 aromatic carbocycles. The molecular formula is C13H20ClIN2O. The molecule has 0 bridgehead atoms. The van der Waals surface area contributed by atoms with Gasteiger partial charge in [-0.25, -0.2) is 0 Å². The fourth-order valence-corrected chi connectivity index (χ4v) is 2.13. The second-order valence-electron chi connectivity index (χ2n) is 4.23. The summed E-state index contributed by atoms with van der Waals surface area (Å²) in [5, 5.41) is 2.91. The van der Waals surface area contributed by atoms with E-state index in [1.165, 1.54) is 0 Å². The first-order valence-electron chi connectivity index (χ1n) is 5.84. The Morgan fingerprint density at radius 1 is 1.33 bits per heavy atom. The number of nitrogens with one attached hydrogen (secondary N) is 1. The summed E-state index contributed by atoms with van der Waals surface area (Å²) in [5.74, 6) is -0.0493. The summed E-state index contributed by atoms with van der Waals surface area (Å²) in [5.41, 5.74) is 6.56. The lowest BCUT2D eigenvalue weighted by atomic mass is 9.94. The second kappa shape index (κ2) is 7.96. The molecule has 0 saturated heterocycles. The van der Waals surface area contributed by atoms with Crippen molar-refractivity contribution in [1.29, 1.82) is 0 Å². The van der Waals surface area contributed by atoms with Crippen LogP contribution in [0.5, 0.6) is 0 Å². The molecule has 3 N–H and O–H groups in total. The molecule has 0 aromatic heterocycles. The van der Waals surface area contributed by atoms with Gasteiger partial charge in [0.25, 0.3) is 5.91 Å². The predicted octanol–water partition coefficient (Wildman–Crippen LogP) is 2.96. The molecule has 0 spiro atoms. The number of nitrogens with two attached hydrogens (primary N) is 1. The van der Waals surface area contributed by atoms with Gasteiger partial charge in [-0.1, -0.05) is 26.0 Å². The Bertz CT molecular complexity index is 394. The standard InChI is InChI=1S/C13H19IN2O.ClH/c1-3-13(15,4-2)9-16-12(17)10-7-5-6-8-11(10)14;/h5-8H,3-4,9,15H2,1-2H3,(H,16,17);1H. The molecule has 18 heavy (non-hydrogen) atoms. The molecule has 0 aliphatic carbocycles. The zero-order valence-electron chi connectivity index (χ0n) is 10.7. The number of hydrogen-bond donors (Lipinski definition) is 2. The van der Waals surface area contributed by atoms with Crippen LogP contribution >= 0.6 is 35.0 Å². The summed E-state index contributed by atoms with van der Waals surface area (Å²) in [6.07, 6.45) is 1.71. The minimum Gasteiger partial charge on any atom is -0.350 e. The summed E-state index contributed by atoms with van der Waals surface area (Å²) in [4.78, 5) is 12.0. The molecule has 0 unspecified atom stereocenters. The Morgan fingerprint density at radius 2 is 1.89 bits per heavy atom. The Morgan fingerprint density at radius 3 is 2.39 bits per heavy atom. The van der Waals surface area contributed by atoms with E-state index in [0.29, 0.717) is 12.1 Å². The molecule has 0 aliphatic heterocycles. The van der Waals surface area contributed by atoms with Crippen LogP contribution in [0.1, 0.15) is 37.0 Å². The highest BCUT2D eigenvalue weighted by Crippen LogP contribution is 2.13. The van der Waals surface area contributed by atoms with Crippen molar-refractivity contribution in [2.24, 2.45) is 5.73 Å². The lowest BCUT2D eigenvalue weighted by Crippen LogP contribution is -2.49. The van der Waals surface area contributed by atoms with E-state index in [-0.39, 0.29) is 23.9 Å². The summed E-state index contributed by atoms with van der Waals surface area (Å²) >= 11 is 2.16. The number of hydrogen-bond acceptors (Lipinski definition) is 2. The van der Waals surface area contributed by atoms with Crippen LogP contribution in [-0.2, 0) is 0 Å². The molecule has 1 aromatic rings. The van der Waals surface area contributed by atoms with Gasteiger partial charge in [0.2, 0.25) is 0 Å². The van der Waals surface area contributed by atoms with E-state index >= 15 is 0 Å². The van der Waals surface area contributed by atoms with Crippen LogP contribution in [0.25, 0.3) is 0 Å². The largest absolute Gasteiger partial charge is 0.350 e. The monoisotopic (exact) mass is 382 g/mol. The highest BCUT2D eigenvalue weighted by Gasteiger charge is 2.21. The van der Waals surface area contributed by atoms with Crippen LogP contribution in [0.4, 0.5) is 0 Å². The number of carbonyl (C=O) groups is 1. The van der Waals surface area contributed by atoms with Gasteiger partial charge in [0.15, 0.2) is 0 Å².